The van der Waals surface area contributed by atoms with Crippen molar-refractivity contribution < 1.29 is 4.74 Å². The van der Waals surface area contributed by atoms with Gasteiger partial charge in [0, 0.05) is 29.6 Å². The highest BCUT2D eigenvalue weighted by Crippen LogP contribution is 2.28. The minimum atomic E-state index is -0.207. The zero-order valence-electron chi connectivity index (χ0n) is 11.0. The molecular formula is C13H17ClN4O. The van der Waals surface area contributed by atoms with Gasteiger partial charge in [-0.2, -0.15) is 5.10 Å². The number of aryl methyl sites for hydroxylation is 1. The topological polar surface area (TPSA) is 66.0 Å². The van der Waals surface area contributed by atoms with E-state index in [2.05, 4.69) is 10.1 Å². The normalized spacial score (nSPS) is 12.4. The molecule has 2 rings (SSSR count). The molecule has 1 unspecified atom stereocenters. The second-order valence-electron chi connectivity index (χ2n) is 4.19. The lowest BCUT2D eigenvalue weighted by Gasteiger charge is -2.15. The molecule has 0 aliphatic heterocycles. The van der Waals surface area contributed by atoms with Crippen molar-refractivity contribution in [3.63, 3.8) is 0 Å². The molecule has 1 heterocycles. The maximum Gasteiger partial charge on any atom is 0.138 e. The Kier molecular flexibility index (Phi) is 4.39. The van der Waals surface area contributed by atoms with Crippen LogP contribution < -0.4 is 10.5 Å². The quantitative estimate of drug-likeness (QED) is 0.912. The standard InChI is InChI=1S/C13H17ClN4O/c1-3-18-13(16-8-17-18)7-11(15)10-5-4-9(14)6-12(10)19-2/h4-6,8,11H,3,7,15H2,1-2H3. The van der Waals surface area contributed by atoms with Gasteiger partial charge in [-0.3, -0.25) is 4.68 Å². The summed E-state index contributed by atoms with van der Waals surface area (Å²) in [5, 5.41) is 4.76. The molecule has 0 aliphatic carbocycles. The molecule has 5 nitrogen and oxygen atoms in total. The number of methoxy groups -OCH3 is 1. The molecule has 102 valence electrons. The van der Waals surface area contributed by atoms with Crippen LogP contribution in [0.15, 0.2) is 24.5 Å². The summed E-state index contributed by atoms with van der Waals surface area (Å²) in [6.45, 7) is 2.80. The highest BCUT2D eigenvalue weighted by Gasteiger charge is 2.15. The lowest BCUT2D eigenvalue weighted by Crippen LogP contribution is -2.17. The van der Waals surface area contributed by atoms with E-state index in [1.807, 2.05) is 23.7 Å². The van der Waals surface area contributed by atoms with E-state index >= 15 is 0 Å². The molecule has 1 aromatic carbocycles. The summed E-state index contributed by atoms with van der Waals surface area (Å²) in [5.41, 5.74) is 7.15. The van der Waals surface area contributed by atoms with Crippen LogP contribution in [0.3, 0.4) is 0 Å². The molecule has 0 saturated carbocycles. The molecule has 2 aromatic rings. The number of aromatic nitrogens is 3. The minimum absolute atomic E-state index is 0.207. The van der Waals surface area contributed by atoms with Gasteiger partial charge in [0.1, 0.15) is 17.9 Å². The Labute approximate surface area is 117 Å². The molecule has 0 spiro atoms. The van der Waals surface area contributed by atoms with Gasteiger partial charge in [-0.25, -0.2) is 4.98 Å². The fourth-order valence-corrected chi connectivity index (χ4v) is 2.17. The van der Waals surface area contributed by atoms with Crippen LogP contribution in [0.1, 0.15) is 24.4 Å². The summed E-state index contributed by atoms with van der Waals surface area (Å²) in [6.07, 6.45) is 2.15. The van der Waals surface area contributed by atoms with Gasteiger partial charge in [0.15, 0.2) is 0 Å². The predicted molar refractivity (Wildman–Crippen MR) is 74.3 cm³/mol. The van der Waals surface area contributed by atoms with Crippen LogP contribution in [-0.4, -0.2) is 21.9 Å². The predicted octanol–water partition coefficient (Wildman–Crippen LogP) is 2.20. The Morgan fingerprint density at radius 1 is 1.47 bits per heavy atom. The number of rotatable bonds is 5. The van der Waals surface area contributed by atoms with E-state index < -0.39 is 0 Å². The number of ether oxygens (including phenoxy) is 1. The lowest BCUT2D eigenvalue weighted by molar-refractivity contribution is 0.404. The van der Waals surface area contributed by atoms with Crippen LogP contribution in [0, 0.1) is 0 Å². The molecule has 0 saturated heterocycles. The average molecular weight is 281 g/mol. The van der Waals surface area contributed by atoms with E-state index in [0.717, 1.165) is 17.9 Å². The fraction of sp³-hybridized carbons (Fsp3) is 0.385. The van der Waals surface area contributed by atoms with Gasteiger partial charge in [0.25, 0.3) is 0 Å². The van der Waals surface area contributed by atoms with Crippen molar-refractivity contribution in [1.82, 2.24) is 14.8 Å². The van der Waals surface area contributed by atoms with Crippen molar-refractivity contribution in [2.45, 2.75) is 25.9 Å². The first-order valence-electron chi connectivity index (χ1n) is 6.11. The molecule has 19 heavy (non-hydrogen) atoms. The first-order valence-corrected chi connectivity index (χ1v) is 6.49. The maximum atomic E-state index is 6.23. The van der Waals surface area contributed by atoms with E-state index in [9.17, 15) is 0 Å². The van der Waals surface area contributed by atoms with Crippen LogP contribution in [-0.2, 0) is 13.0 Å². The van der Waals surface area contributed by atoms with E-state index in [1.54, 1.807) is 19.5 Å². The molecular weight excluding hydrogens is 264 g/mol. The lowest BCUT2D eigenvalue weighted by atomic mass is 10.0. The maximum absolute atomic E-state index is 6.23. The van der Waals surface area contributed by atoms with Gasteiger partial charge in [-0.15, -0.1) is 0 Å². The summed E-state index contributed by atoms with van der Waals surface area (Å²) in [4.78, 5) is 4.23. The molecule has 0 fully saturated rings. The zero-order valence-corrected chi connectivity index (χ0v) is 11.8. The largest absolute Gasteiger partial charge is 0.496 e. The Hall–Kier alpha value is -1.59. The molecule has 0 amide bonds. The van der Waals surface area contributed by atoms with Crippen molar-refractivity contribution in [3.05, 3.63) is 40.9 Å². The third-order valence-electron chi connectivity index (χ3n) is 2.99. The smallest absolute Gasteiger partial charge is 0.138 e. The van der Waals surface area contributed by atoms with E-state index in [4.69, 9.17) is 22.1 Å². The number of hydrogen-bond donors (Lipinski definition) is 1. The molecule has 1 aromatic heterocycles. The first kappa shape index (κ1) is 13.8. The van der Waals surface area contributed by atoms with Crippen LogP contribution >= 0.6 is 11.6 Å². The first-order chi connectivity index (χ1) is 9.15. The molecule has 1 atom stereocenters. The van der Waals surface area contributed by atoms with Gasteiger partial charge in [-0.1, -0.05) is 17.7 Å². The van der Waals surface area contributed by atoms with Gasteiger partial charge in [-0.05, 0) is 19.1 Å². The number of halogens is 1. The number of nitrogens with two attached hydrogens (primary N) is 1. The van der Waals surface area contributed by atoms with Gasteiger partial charge in [0.2, 0.25) is 0 Å². The van der Waals surface area contributed by atoms with Crippen molar-refractivity contribution in [2.75, 3.05) is 7.11 Å². The van der Waals surface area contributed by atoms with Crippen molar-refractivity contribution in [1.29, 1.82) is 0 Å². The average Bonchev–Trinajstić information content (AvgIpc) is 2.85. The molecule has 6 heteroatoms. The fourth-order valence-electron chi connectivity index (χ4n) is 2.01. The van der Waals surface area contributed by atoms with E-state index in [0.29, 0.717) is 17.2 Å². The Bertz CT molecular complexity index is 555. The number of benzene rings is 1. The third-order valence-corrected chi connectivity index (χ3v) is 3.23. The van der Waals surface area contributed by atoms with E-state index in [-0.39, 0.29) is 6.04 Å². The van der Waals surface area contributed by atoms with Gasteiger partial charge >= 0.3 is 0 Å². The van der Waals surface area contributed by atoms with Crippen LogP contribution in [0.5, 0.6) is 5.75 Å². The van der Waals surface area contributed by atoms with Gasteiger partial charge in [0.05, 0.1) is 7.11 Å². The van der Waals surface area contributed by atoms with Gasteiger partial charge < -0.3 is 10.5 Å². The second kappa shape index (κ2) is 6.04. The number of nitrogens with zero attached hydrogens (tertiary/aromatic N) is 3. The molecule has 0 bridgehead atoms. The number of hydrogen-bond acceptors (Lipinski definition) is 4. The van der Waals surface area contributed by atoms with Crippen molar-refractivity contribution in [2.24, 2.45) is 5.73 Å². The third kappa shape index (κ3) is 3.05. The SMILES string of the molecule is CCn1ncnc1CC(N)c1ccc(Cl)cc1OC. The monoisotopic (exact) mass is 280 g/mol. The highest BCUT2D eigenvalue weighted by molar-refractivity contribution is 6.30. The van der Waals surface area contributed by atoms with Crippen LogP contribution in [0.4, 0.5) is 0 Å². The molecule has 2 N–H and O–H groups in total. The Morgan fingerprint density at radius 2 is 2.26 bits per heavy atom. The zero-order chi connectivity index (χ0) is 13.8. The summed E-state index contributed by atoms with van der Waals surface area (Å²) in [5.74, 6) is 1.56. The minimum Gasteiger partial charge on any atom is -0.496 e. The van der Waals surface area contributed by atoms with Crippen LogP contribution in [0.2, 0.25) is 5.02 Å². The summed E-state index contributed by atoms with van der Waals surface area (Å²) < 4.78 is 7.15. The summed E-state index contributed by atoms with van der Waals surface area (Å²) in [7, 11) is 1.61. The highest BCUT2D eigenvalue weighted by atomic mass is 35.5. The Morgan fingerprint density at radius 3 is 2.95 bits per heavy atom. The van der Waals surface area contributed by atoms with Crippen molar-refractivity contribution >= 4 is 11.6 Å². The second-order valence-corrected chi connectivity index (χ2v) is 4.63. The van der Waals surface area contributed by atoms with Crippen molar-refractivity contribution in [3.8, 4) is 5.75 Å². The van der Waals surface area contributed by atoms with E-state index in [1.165, 1.54) is 0 Å². The van der Waals surface area contributed by atoms with Crippen LogP contribution in [0.25, 0.3) is 0 Å². The molecule has 0 radical (unpaired) electrons. The molecule has 0 aliphatic rings. The summed E-state index contributed by atoms with van der Waals surface area (Å²) >= 11 is 5.94. The Balaban J connectivity index is 2.22. The summed E-state index contributed by atoms with van der Waals surface area (Å²) in [6, 6.07) is 5.26.